The number of hydrogen-bond donors (Lipinski definition) is 3. The summed E-state index contributed by atoms with van der Waals surface area (Å²) in [7, 11) is 0. The quantitative estimate of drug-likeness (QED) is 0.494. The Morgan fingerprint density at radius 2 is 2.00 bits per heavy atom. The Balaban J connectivity index is 1.48. The predicted octanol–water partition coefficient (Wildman–Crippen LogP) is 2.81. The van der Waals surface area contributed by atoms with Crippen LogP contribution in [0, 0.1) is 0 Å². The molecule has 2 aromatic carbocycles. The van der Waals surface area contributed by atoms with E-state index in [0.29, 0.717) is 30.6 Å². The zero-order valence-corrected chi connectivity index (χ0v) is 17.1. The molecule has 0 radical (unpaired) electrons. The van der Waals surface area contributed by atoms with Gasteiger partial charge in [0.05, 0.1) is 12.6 Å². The van der Waals surface area contributed by atoms with Gasteiger partial charge in [-0.1, -0.05) is 48.0 Å². The molecule has 0 aromatic heterocycles. The van der Waals surface area contributed by atoms with E-state index in [0.717, 1.165) is 31.6 Å². The van der Waals surface area contributed by atoms with E-state index in [-0.39, 0.29) is 0 Å². The maximum atomic E-state index is 10.5. The molecule has 1 aliphatic rings. The lowest BCUT2D eigenvalue weighted by atomic mass is 10.00. The molecule has 2 aromatic rings. The molecule has 150 valence electrons. The second-order valence-electron chi connectivity index (χ2n) is 7.11. The highest BCUT2D eigenvalue weighted by Crippen LogP contribution is 2.18. The molecule has 6 heteroatoms. The number of halogens is 1. The van der Waals surface area contributed by atoms with Gasteiger partial charge >= 0.3 is 0 Å². The van der Waals surface area contributed by atoms with E-state index in [9.17, 15) is 5.11 Å². The molecule has 28 heavy (non-hydrogen) atoms. The van der Waals surface area contributed by atoms with Crippen molar-refractivity contribution in [2.45, 2.75) is 32.5 Å². The normalized spacial score (nSPS) is 15.8. The molecule has 1 unspecified atom stereocenters. The zero-order chi connectivity index (χ0) is 19.8. The molecule has 0 amide bonds. The molecule has 1 aliphatic heterocycles. The highest BCUT2D eigenvalue weighted by molar-refractivity contribution is 6.30. The van der Waals surface area contributed by atoms with E-state index in [4.69, 9.17) is 11.6 Å². The third-order valence-electron chi connectivity index (χ3n) is 4.84. The molecule has 3 rings (SSSR count). The van der Waals surface area contributed by atoms with Crippen LogP contribution in [0.15, 0.2) is 53.5 Å². The first-order valence-corrected chi connectivity index (χ1v) is 10.3. The summed E-state index contributed by atoms with van der Waals surface area (Å²) in [4.78, 5) is 6.89. The third-order valence-corrected chi connectivity index (χ3v) is 5.07. The monoisotopic (exact) mass is 400 g/mol. The van der Waals surface area contributed by atoms with Crippen molar-refractivity contribution in [3.8, 4) is 0 Å². The van der Waals surface area contributed by atoms with Gasteiger partial charge in [0.2, 0.25) is 0 Å². The summed E-state index contributed by atoms with van der Waals surface area (Å²) < 4.78 is 0. The largest absolute Gasteiger partial charge is 0.390 e. The first-order valence-electron chi connectivity index (χ1n) is 9.88. The number of fused-ring (bicyclic) bond motifs is 1. The number of aliphatic imine (C=N–C) groups is 1. The maximum Gasteiger partial charge on any atom is 0.191 e. The zero-order valence-electron chi connectivity index (χ0n) is 16.4. The van der Waals surface area contributed by atoms with E-state index in [2.05, 4.69) is 44.8 Å². The van der Waals surface area contributed by atoms with Crippen molar-refractivity contribution < 1.29 is 5.11 Å². The Hall–Kier alpha value is -2.08. The Morgan fingerprint density at radius 1 is 1.18 bits per heavy atom. The number of β-amino-alcohol motifs (C(OH)–C–C–N with tert-alkyl or cyclic N) is 1. The van der Waals surface area contributed by atoms with Gasteiger partial charge in [0.15, 0.2) is 5.96 Å². The summed E-state index contributed by atoms with van der Waals surface area (Å²) in [6.45, 7) is 6.31. The number of nitrogens with zero attached hydrogens (tertiary/aromatic N) is 2. The van der Waals surface area contributed by atoms with Gasteiger partial charge in [-0.25, -0.2) is 4.99 Å². The standard InChI is InChI=1S/C22H29ClN4O/c1-2-24-22(25-13-17-6-5-9-20(23)12-17)26-14-21(28)16-27-11-10-18-7-3-4-8-19(18)15-27/h3-9,12,21,28H,2,10-11,13-16H2,1H3,(H2,24,25,26). The van der Waals surface area contributed by atoms with Gasteiger partial charge in [0, 0.05) is 37.7 Å². The third kappa shape index (κ3) is 6.23. The Bertz CT molecular complexity index is 796. The Morgan fingerprint density at radius 3 is 2.79 bits per heavy atom. The van der Waals surface area contributed by atoms with Gasteiger partial charge in [-0.2, -0.15) is 0 Å². The van der Waals surface area contributed by atoms with Crippen molar-refractivity contribution in [1.29, 1.82) is 0 Å². The molecule has 5 nitrogen and oxygen atoms in total. The number of nitrogens with one attached hydrogen (secondary N) is 2. The van der Waals surface area contributed by atoms with Crippen LogP contribution >= 0.6 is 11.6 Å². The smallest absolute Gasteiger partial charge is 0.191 e. The van der Waals surface area contributed by atoms with Crippen LogP contribution < -0.4 is 10.6 Å². The van der Waals surface area contributed by atoms with Crippen LogP contribution in [0.5, 0.6) is 0 Å². The summed E-state index contributed by atoms with van der Waals surface area (Å²) in [6.07, 6.45) is 0.584. The number of guanidine groups is 1. The fourth-order valence-corrected chi connectivity index (χ4v) is 3.65. The van der Waals surface area contributed by atoms with Crippen LogP contribution in [-0.2, 0) is 19.5 Å². The number of rotatable bonds is 7. The summed E-state index contributed by atoms with van der Waals surface area (Å²) in [5.41, 5.74) is 3.84. The molecular weight excluding hydrogens is 372 g/mol. The molecule has 0 bridgehead atoms. The van der Waals surface area contributed by atoms with Crippen LogP contribution in [0.25, 0.3) is 0 Å². The minimum atomic E-state index is -0.458. The van der Waals surface area contributed by atoms with E-state index in [1.165, 1.54) is 11.1 Å². The fraction of sp³-hybridized carbons (Fsp3) is 0.409. The summed E-state index contributed by atoms with van der Waals surface area (Å²) in [5, 5.41) is 17.7. The molecular formula is C22H29ClN4O. The average molecular weight is 401 g/mol. The lowest BCUT2D eigenvalue weighted by Gasteiger charge is -2.30. The topological polar surface area (TPSA) is 59.9 Å². The Kier molecular flexibility index (Phi) is 7.71. The van der Waals surface area contributed by atoms with Gasteiger partial charge in [-0.3, -0.25) is 4.90 Å². The molecule has 0 saturated carbocycles. The van der Waals surface area contributed by atoms with Gasteiger partial charge in [-0.05, 0) is 42.2 Å². The molecule has 0 spiro atoms. The van der Waals surface area contributed by atoms with Gasteiger partial charge in [-0.15, -0.1) is 0 Å². The van der Waals surface area contributed by atoms with E-state index in [1.807, 2.05) is 31.2 Å². The van der Waals surface area contributed by atoms with Crippen LogP contribution in [-0.4, -0.2) is 48.2 Å². The van der Waals surface area contributed by atoms with Crippen molar-refractivity contribution in [3.05, 3.63) is 70.2 Å². The van der Waals surface area contributed by atoms with E-state index >= 15 is 0 Å². The fourth-order valence-electron chi connectivity index (χ4n) is 3.43. The number of hydrogen-bond acceptors (Lipinski definition) is 3. The summed E-state index contributed by atoms with van der Waals surface area (Å²) in [5.74, 6) is 0.700. The number of aliphatic hydroxyl groups is 1. The summed E-state index contributed by atoms with van der Waals surface area (Å²) >= 11 is 6.03. The molecule has 3 N–H and O–H groups in total. The number of benzene rings is 2. The Labute approximate surface area is 172 Å². The van der Waals surface area contributed by atoms with Crippen molar-refractivity contribution in [2.75, 3.05) is 26.2 Å². The summed E-state index contributed by atoms with van der Waals surface area (Å²) in [6, 6.07) is 16.3. The van der Waals surface area contributed by atoms with Crippen LogP contribution in [0.1, 0.15) is 23.6 Å². The molecule has 0 aliphatic carbocycles. The average Bonchev–Trinajstić information content (AvgIpc) is 2.70. The molecule has 0 fully saturated rings. The maximum absolute atomic E-state index is 10.5. The molecule has 1 atom stereocenters. The highest BCUT2D eigenvalue weighted by Gasteiger charge is 2.18. The first-order chi connectivity index (χ1) is 13.6. The van der Waals surface area contributed by atoms with Crippen molar-refractivity contribution in [2.24, 2.45) is 4.99 Å². The second kappa shape index (κ2) is 10.5. The molecule has 0 saturated heterocycles. The second-order valence-corrected chi connectivity index (χ2v) is 7.55. The van der Waals surface area contributed by atoms with Gasteiger partial charge in [0.25, 0.3) is 0 Å². The van der Waals surface area contributed by atoms with Crippen LogP contribution in [0.4, 0.5) is 0 Å². The predicted molar refractivity (Wildman–Crippen MR) is 116 cm³/mol. The lowest BCUT2D eigenvalue weighted by Crippen LogP contribution is -2.45. The van der Waals surface area contributed by atoms with Crippen molar-refractivity contribution in [1.82, 2.24) is 15.5 Å². The lowest BCUT2D eigenvalue weighted by molar-refractivity contribution is 0.108. The van der Waals surface area contributed by atoms with Crippen molar-refractivity contribution >= 4 is 17.6 Å². The SMILES string of the molecule is CCNC(=NCc1cccc(Cl)c1)NCC(O)CN1CCc2ccccc2C1. The van der Waals surface area contributed by atoms with Crippen LogP contribution in [0.2, 0.25) is 5.02 Å². The number of aliphatic hydroxyl groups excluding tert-OH is 1. The van der Waals surface area contributed by atoms with Crippen LogP contribution in [0.3, 0.4) is 0 Å². The van der Waals surface area contributed by atoms with Gasteiger partial charge < -0.3 is 15.7 Å². The molecule has 1 heterocycles. The van der Waals surface area contributed by atoms with E-state index in [1.54, 1.807) is 0 Å². The minimum absolute atomic E-state index is 0.458. The van der Waals surface area contributed by atoms with Gasteiger partial charge in [0.1, 0.15) is 0 Å². The minimum Gasteiger partial charge on any atom is -0.390 e. The van der Waals surface area contributed by atoms with E-state index < -0.39 is 6.10 Å². The highest BCUT2D eigenvalue weighted by atomic mass is 35.5. The van der Waals surface area contributed by atoms with Crippen molar-refractivity contribution in [3.63, 3.8) is 0 Å². The first kappa shape index (κ1) is 20.6.